The van der Waals surface area contributed by atoms with E-state index in [0.717, 1.165) is 47.8 Å². The van der Waals surface area contributed by atoms with E-state index in [1.165, 1.54) is 18.6 Å². The monoisotopic (exact) mass is 353 g/mol. The molecular formula is C19H20FN5O. The molecule has 2 atom stereocenters. The Bertz CT molecular complexity index is 975. The second-order valence-corrected chi connectivity index (χ2v) is 7.30. The van der Waals surface area contributed by atoms with Crippen molar-refractivity contribution in [1.29, 1.82) is 0 Å². The minimum Gasteiger partial charge on any atom is -0.356 e. The third-order valence-corrected chi connectivity index (χ3v) is 5.79. The summed E-state index contributed by atoms with van der Waals surface area (Å²) in [6.45, 7) is 6.76. The zero-order valence-electron chi connectivity index (χ0n) is 14.8. The maximum atomic E-state index is 13.3. The van der Waals surface area contributed by atoms with Crippen LogP contribution in [-0.2, 0) is 6.54 Å². The summed E-state index contributed by atoms with van der Waals surface area (Å²) in [4.78, 5) is 13.6. The second kappa shape index (κ2) is 5.74. The standard InChI is InChI=1S/C19H20FN5O/c1-11-12(2)21-10-22-19(11)24-7-14-6-15(8-24)25(14)9-17-16-4-3-13(20)5-18(16)26-23-17/h3-5,10,14-15H,6-9H2,1-2H3. The number of piperazine rings is 1. The van der Waals surface area contributed by atoms with Crippen LogP contribution in [0.4, 0.5) is 10.2 Å². The van der Waals surface area contributed by atoms with Crippen LogP contribution in [0, 0.1) is 19.7 Å². The number of hydrogen-bond acceptors (Lipinski definition) is 6. The van der Waals surface area contributed by atoms with Gasteiger partial charge in [0.15, 0.2) is 5.58 Å². The zero-order chi connectivity index (χ0) is 17.8. The molecule has 3 aliphatic rings. The van der Waals surface area contributed by atoms with Crippen LogP contribution in [0.25, 0.3) is 11.0 Å². The lowest BCUT2D eigenvalue weighted by Gasteiger charge is -2.56. The normalized spacial score (nSPS) is 22.7. The number of fused-ring (bicyclic) bond motifs is 3. The molecule has 3 saturated heterocycles. The molecule has 3 aliphatic heterocycles. The van der Waals surface area contributed by atoms with E-state index in [4.69, 9.17) is 4.52 Å². The van der Waals surface area contributed by atoms with Crippen LogP contribution in [0.15, 0.2) is 29.0 Å². The summed E-state index contributed by atoms with van der Waals surface area (Å²) in [5.41, 5.74) is 3.59. The Morgan fingerprint density at radius 1 is 1.19 bits per heavy atom. The van der Waals surface area contributed by atoms with Crippen LogP contribution in [0.3, 0.4) is 0 Å². The fraction of sp³-hybridized carbons (Fsp3) is 0.421. The highest BCUT2D eigenvalue weighted by Gasteiger charge is 2.45. The summed E-state index contributed by atoms with van der Waals surface area (Å²) >= 11 is 0. The van der Waals surface area contributed by atoms with Gasteiger partial charge in [0.25, 0.3) is 0 Å². The summed E-state index contributed by atoms with van der Waals surface area (Å²) in [7, 11) is 0. The molecule has 6 nitrogen and oxygen atoms in total. The van der Waals surface area contributed by atoms with Crippen LogP contribution >= 0.6 is 0 Å². The van der Waals surface area contributed by atoms with E-state index in [1.807, 2.05) is 6.92 Å². The molecule has 0 N–H and O–H groups in total. The van der Waals surface area contributed by atoms with E-state index in [1.54, 1.807) is 12.4 Å². The Labute approximate surface area is 150 Å². The van der Waals surface area contributed by atoms with Crippen molar-refractivity contribution in [3.63, 3.8) is 0 Å². The van der Waals surface area contributed by atoms with Crippen molar-refractivity contribution in [2.75, 3.05) is 18.0 Å². The minimum atomic E-state index is -0.299. The van der Waals surface area contributed by atoms with E-state index < -0.39 is 0 Å². The van der Waals surface area contributed by atoms with Gasteiger partial charge in [-0.3, -0.25) is 4.90 Å². The maximum absolute atomic E-state index is 13.3. The van der Waals surface area contributed by atoms with Crippen LogP contribution in [0.1, 0.15) is 23.4 Å². The van der Waals surface area contributed by atoms with E-state index in [0.29, 0.717) is 17.7 Å². The highest BCUT2D eigenvalue weighted by atomic mass is 19.1. The van der Waals surface area contributed by atoms with Gasteiger partial charge in [0, 0.05) is 54.4 Å². The van der Waals surface area contributed by atoms with E-state index in [-0.39, 0.29) is 5.82 Å². The number of piperidine rings is 1. The van der Waals surface area contributed by atoms with Crippen LogP contribution in [0.2, 0.25) is 0 Å². The Hall–Kier alpha value is -2.54. The number of nitrogens with zero attached hydrogens (tertiary/aromatic N) is 5. The lowest BCUT2D eigenvalue weighted by atomic mass is 9.87. The molecular weight excluding hydrogens is 333 g/mol. The first-order chi connectivity index (χ1) is 12.6. The van der Waals surface area contributed by atoms with Gasteiger partial charge in [-0.25, -0.2) is 14.4 Å². The number of anilines is 1. The molecule has 0 amide bonds. The number of aryl methyl sites for hydroxylation is 1. The van der Waals surface area contributed by atoms with E-state index >= 15 is 0 Å². The number of halogens is 1. The van der Waals surface area contributed by atoms with Gasteiger partial charge in [0.2, 0.25) is 0 Å². The molecule has 5 heterocycles. The lowest BCUT2D eigenvalue weighted by Crippen LogP contribution is -2.68. The topological polar surface area (TPSA) is 58.3 Å². The molecule has 0 aliphatic carbocycles. The summed E-state index contributed by atoms with van der Waals surface area (Å²) in [6.07, 6.45) is 2.85. The lowest BCUT2D eigenvalue weighted by molar-refractivity contribution is -0.0100. The van der Waals surface area contributed by atoms with Gasteiger partial charge in [-0.05, 0) is 32.4 Å². The number of aromatic nitrogens is 3. The molecule has 0 saturated carbocycles. The van der Waals surface area contributed by atoms with Gasteiger partial charge in [-0.1, -0.05) is 5.16 Å². The van der Waals surface area contributed by atoms with Crippen molar-refractivity contribution in [3.8, 4) is 0 Å². The van der Waals surface area contributed by atoms with Crippen LogP contribution < -0.4 is 4.90 Å². The van der Waals surface area contributed by atoms with Crippen molar-refractivity contribution < 1.29 is 8.91 Å². The summed E-state index contributed by atoms with van der Waals surface area (Å²) < 4.78 is 18.6. The Morgan fingerprint density at radius 2 is 2.00 bits per heavy atom. The largest absolute Gasteiger partial charge is 0.356 e. The molecule has 2 unspecified atom stereocenters. The first-order valence-electron chi connectivity index (χ1n) is 8.93. The van der Waals surface area contributed by atoms with Gasteiger partial charge in [-0.2, -0.15) is 0 Å². The first kappa shape index (κ1) is 15.7. The summed E-state index contributed by atoms with van der Waals surface area (Å²) in [5.74, 6) is 0.751. The van der Waals surface area contributed by atoms with Gasteiger partial charge >= 0.3 is 0 Å². The quantitative estimate of drug-likeness (QED) is 0.722. The third kappa shape index (κ3) is 2.38. The minimum absolute atomic E-state index is 0.299. The van der Waals surface area contributed by atoms with Gasteiger partial charge in [0.1, 0.15) is 23.7 Å². The van der Waals surface area contributed by atoms with Crippen molar-refractivity contribution in [2.45, 2.75) is 38.9 Å². The highest BCUT2D eigenvalue weighted by molar-refractivity contribution is 5.79. The van der Waals surface area contributed by atoms with Crippen molar-refractivity contribution in [1.82, 2.24) is 20.0 Å². The first-order valence-corrected chi connectivity index (χ1v) is 8.93. The molecule has 7 heteroatoms. The Morgan fingerprint density at radius 3 is 2.81 bits per heavy atom. The summed E-state index contributed by atoms with van der Waals surface area (Å²) in [5, 5.41) is 5.07. The van der Waals surface area contributed by atoms with Crippen LogP contribution in [0.5, 0.6) is 0 Å². The Balaban J connectivity index is 1.34. The van der Waals surface area contributed by atoms with Gasteiger partial charge in [-0.15, -0.1) is 0 Å². The van der Waals surface area contributed by atoms with Crippen LogP contribution in [-0.4, -0.2) is 45.2 Å². The average molecular weight is 353 g/mol. The predicted octanol–water partition coefficient (Wildman–Crippen LogP) is 2.84. The van der Waals surface area contributed by atoms with Gasteiger partial charge < -0.3 is 9.42 Å². The van der Waals surface area contributed by atoms with E-state index in [2.05, 4.69) is 31.8 Å². The van der Waals surface area contributed by atoms with E-state index in [9.17, 15) is 4.39 Å². The van der Waals surface area contributed by atoms with Crippen molar-refractivity contribution >= 4 is 16.8 Å². The predicted molar refractivity (Wildman–Crippen MR) is 95.4 cm³/mol. The molecule has 6 rings (SSSR count). The molecule has 26 heavy (non-hydrogen) atoms. The number of hydrogen-bond donors (Lipinski definition) is 0. The fourth-order valence-corrected chi connectivity index (χ4v) is 4.21. The molecule has 0 spiro atoms. The second-order valence-electron chi connectivity index (χ2n) is 7.30. The maximum Gasteiger partial charge on any atom is 0.170 e. The molecule has 1 aromatic carbocycles. The molecule has 3 fully saturated rings. The third-order valence-electron chi connectivity index (χ3n) is 5.79. The number of benzene rings is 1. The number of rotatable bonds is 3. The smallest absolute Gasteiger partial charge is 0.170 e. The van der Waals surface area contributed by atoms with Crippen molar-refractivity contribution in [3.05, 3.63) is 47.3 Å². The zero-order valence-corrected chi connectivity index (χ0v) is 14.8. The molecule has 134 valence electrons. The average Bonchev–Trinajstić information content (AvgIpc) is 3.04. The SMILES string of the molecule is Cc1ncnc(N2CC3CC(C2)N3Cc2noc3cc(F)ccc23)c1C. The molecule has 2 aromatic heterocycles. The molecule has 2 bridgehead atoms. The fourth-order valence-electron chi connectivity index (χ4n) is 4.21. The van der Waals surface area contributed by atoms with Crippen molar-refractivity contribution in [2.24, 2.45) is 0 Å². The summed E-state index contributed by atoms with van der Waals surface area (Å²) in [6, 6.07) is 5.57. The highest BCUT2D eigenvalue weighted by Crippen LogP contribution is 2.37. The molecule has 3 aromatic rings. The Kier molecular flexibility index (Phi) is 3.46. The molecule has 0 radical (unpaired) electrons. The van der Waals surface area contributed by atoms with Gasteiger partial charge in [0.05, 0.1) is 0 Å².